The van der Waals surface area contributed by atoms with Crippen molar-refractivity contribution < 1.29 is 0 Å². The first-order chi connectivity index (χ1) is 9.36. The molecule has 0 aliphatic carbocycles. The van der Waals surface area contributed by atoms with Crippen molar-refractivity contribution in [1.82, 2.24) is 9.55 Å². The molecule has 0 saturated heterocycles. The van der Waals surface area contributed by atoms with E-state index in [0.717, 1.165) is 12.2 Å². The smallest absolute Gasteiger partial charge is 0.330 e. The van der Waals surface area contributed by atoms with Gasteiger partial charge in [-0.3, -0.25) is 14.3 Å². The fraction of sp³-hybridized carbons (Fsp3) is 0.692. The number of nitrogens with one attached hydrogen (secondary N) is 2. The lowest BCUT2D eigenvalue weighted by Crippen LogP contribution is -2.36. The van der Waals surface area contributed by atoms with Gasteiger partial charge in [0.25, 0.3) is 5.56 Å². The van der Waals surface area contributed by atoms with E-state index in [0.29, 0.717) is 12.2 Å². The highest BCUT2D eigenvalue weighted by atomic mass is 32.2. The molecule has 0 fully saturated rings. The molecule has 0 saturated carbocycles. The summed E-state index contributed by atoms with van der Waals surface area (Å²) in [6.45, 7) is 6.46. The van der Waals surface area contributed by atoms with E-state index in [1.165, 1.54) is 4.57 Å². The predicted molar refractivity (Wildman–Crippen MR) is 86.7 cm³/mol. The molecule has 1 aromatic rings. The molecule has 0 aromatic carbocycles. The van der Waals surface area contributed by atoms with E-state index in [1.54, 1.807) is 11.8 Å². The van der Waals surface area contributed by atoms with Crippen molar-refractivity contribution in [2.45, 2.75) is 39.8 Å². The Morgan fingerprint density at radius 3 is 2.55 bits per heavy atom. The van der Waals surface area contributed by atoms with E-state index in [1.807, 2.05) is 27.0 Å². The zero-order chi connectivity index (χ0) is 15.3. The number of aromatic nitrogens is 2. The summed E-state index contributed by atoms with van der Waals surface area (Å²) in [6.07, 6.45) is 2.96. The molecule has 0 amide bonds. The van der Waals surface area contributed by atoms with Crippen molar-refractivity contribution in [3.05, 3.63) is 20.8 Å². The third-order valence-electron chi connectivity index (χ3n) is 2.93. The van der Waals surface area contributed by atoms with Crippen molar-refractivity contribution in [1.29, 1.82) is 0 Å². The topological polar surface area (TPSA) is 92.9 Å². The molecular weight excluding hydrogens is 276 g/mol. The van der Waals surface area contributed by atoms with Crippen LogP contribution in [0.2, 0.25) is 0 Å². The first kappa shape index (κ1) is 16.7. The van der Waals surface area contributed by atoms with Gasteiger partial charge in [-0.05, 0) is 31.3 Å². The van der Waals surface area contributed by atoms with E-state index in [2.05, 4.69) is 10.3 Å². The van der Waals surface area contributed by atoms with Crippen LogP contribution in [0.5, 0.6) is 0 Å². The monoisotopic (exact) mass is 300 g/mol. The maximum atomic E-state index is 11.9. The summed E-state index contributed by atoms with van der Waals surface area (Å²) in [4.78, 5) is 26.0. The average molecular weight is 300 g/mol. The molecule has 6 nitrogen and oxygen atoms in total. The van der Waals surface area contributed by atoms with E-state index in [-0.39, 0.29) is 17.8 Å². The number of aromatic amines is 1. The van der Waals surface area contributed by atoms with Crippen molar-refractivity contribution >= 4 is 23.3 Å². The lowest BCUT2D eigenvalue weighted by molar-refractivity contribution is 0.508. The number of nitrogens with two attached hydrogens (primary N) is 1. The molecule has 1 heterocycles. The number of nitrogens with zero attached hydrogens (tertiary/aromatic N) is 1. The fourth-order valence-electron chi connectivity index (χ4n) is 1.89. The van der Waals surface area contributed by atoms with Gasteiger partial charge in [0.15, 0.2) is 0 Å². The second kappa shape index (κ2) is 7.42. The molecule has 20 heavy (non-hydrogen) atoms. The Balaban J connectivity index is 3.07. The first-order valence-corrected chi connectivity index (χ1v) is 8.14. The van der Waals surface area contributed by atoms with Crippen LogP contribution in [-0.4, -0.2) is 27.6 Å². The average Bonchev–Trinajstić information content (AvgIpc) is 2.37. The molecule has 1 unspecified atom stereocenters. The van der Waals surface area contributed by atoms with Crippen LogP contribution in [0, 0.1) is 5.92 Å². The molecule has 1 rings (SSSR count). The lowest BCUT2D eigenvalue weighted by atomic mass is 10.2. The quantitative estimate of drug-likeness (QED) is 0.706. The van der Waals surface area contributed by atoms with Crippen LogP contribution in [0.15, 0.2) is 9.59 Å². The molecule has 7 heteroatoms. The predicted octanol–water partition coefficient (Wildman–Crippen LogP) is 1.33. The van der Waals surface area contributed by atoms with E-state index in [4.69, 9.17) is 5.73 Å². The fourth-order valence-corrected chi connectivity index (χ4v) is 2.48. The van der Waals surface area contributed by atoms with Crippen molar-refractivity contribution in [2.24, 2.45) is 5.92 Å². The number of hydrogen-bond acceptors (Lipinski definition) is 5. The minimum atomic E-state index is -0.455. The largest absolute Gasteiger partial charge is 0.383 e. The van der Waals surface area contributed by atoms with E-state index in [9.17, 15) is 9.59 Å². The minimum Gasteiger partial charge on any atom is -0.383 e. The highest BCUT2D eigenvalue weighted by Gasteiger charge is 2.14. The Morgan fingerprint density at radius 1 is 1.35 bits per heavy atom. The van der Waals surface area contributed by atoms with Gasteiger partial charge in [0, 0.05) is 12.6 Å². The van der Waals surface area contributed by atoms with Crippen molar-refractivity contribution in [2.75, 3.05) is 23.1 Å². The molecule has 0 aliphatic heterocycles. The van der Waals surface area contributed by atoms with Crippen LogP contribution in [0.25, 0.3) is 0 Å². The van der Waals surface area contributed by atoms with Gasteiger partial charge in [-0.15, -0.1) is 0 Å². The van der Waals surface area contributed by atoms with Gasteiger partial charge in [-0.1, -0.05) is 13.8 Å². The summed E-state index contributed by atoms with van der Waals surface area (Å²) in [5.74, 6) is 1.48. The highest BCUT2D eigenvalue weighted by Crippen LogP contribution is 2.14. The van der Waals surface area contributed by atoms with Crippen LogP contribution in [-0.2, 0) is 6.54 Å². The van der Waals surface area contributed by atoms with Crippen LogP contribution in [0.4, 0.5) is 11.5 Å². The third kappa shape index (κ3) is 4.33. The number of rotatable bonds is 7. The molecule has 1 aromatic heterocycles. The second-order valence-corrected chi connectivity index (χ2v) is 6.34. The van der Waals surface area contributed by atoms with Gasteiger partial charge in [-0.2, -0.15) is 11.8 Å². The Kier molecular flexibility index (Phi) is 6.19. The number of H-pyrrole nitrogens is 1. The summed E-state index contributed by atoms with van der Waals surface area (Å²) in [5.41, 5.74) is 5.37. The highest BCUT2D eigenvalue weighted by molar-refractivity contribution is 7.98. The molecule has 114 valence electrons. The summed E-state index contributed by atoms with van der Waals surface area (Å²) >= 11 is 1.75. The summed E-state index contributed by atoms with van der Waals surface area (Å²) in [6, 6.07) is 0.121. The zero-order valence-electron chi connectivity index (χ0n) is 12.5. The SMILES string of the molecule is CSCCC(C)Nc1c(N)n(CC(C)C)c(=O)[nH]c1=O. The summed E-state index contributed by atoms with van der Waals surface area (Å²) in [5, 5.41) is 3.11. The van der Waals surface area contributed by atoms with Crippen molar-refractivity contribution in [3.8, 4) is 0 Å². The van der Waals surface area contributed by atoms with Gasteiger partial charge >= 0.3 is 5.69 Å². The molecule has 4 N–H and O–H groups in total. The minimum absolute atomic E-state index is 0.121. The van der Waals surface area contributed by atoms with Gasteiger partial charge in [0.1, 0.15) is 11.5 Å². The normalized spacial score (nSPS) is 12.7. The van der Waals surface area contributed by atoms with Gasteiger partial charge < -0.3 is 11.1 Å². The summed E-state index contributed by atoms with van der Waals surface area (Å²) in [7, 11) is 0. The van der Waals surface area contributed by atoms with Crippen LogP contribution in [0.1, 0.15) is 27.2 Å². The first-order valence-electron chi connectivity index (χ1n) is 6.74. The zero-order valence-corrected chi connectivity index (χ0v) is 13.3. The molecule has 0 spiro atoms. The van der Waals surface area contributed by atoms with E-state index < -0.39 is 11.2 Å². The number of hydrogen-bond donors (Lipinski definition) is 3. The standard InChI is InChI=1S/C13H24N4O2S/c1-8(2)7-17-11(14)10(12(18)16-13(17)19)15-9(3)5-6-20-4/h8-9,15H,5-7,14H2,1-4H3,(H,16,18,19). The van der Waals surface area contributed by atoms with Crippen LogP contribution < -0.4 is 22.3 Å². The van der Waals surface area contributed by atoms with Crippen LogP contribution in [0.3, 0.4) is 0 Å². The van der Waals surface area contributed by atoms with Crippen LogP contribution >= 0.6 is 11.8 Å². The molecule has 0 radical (unpaired) electrons. The Bertz CT molecular complexity index is 550. The molecule has 0 bridgehead atoms. The molecule has 0 aliphatic rings. The lowest BCUT2D eigenvalue weighted by Gasteiger charge is -2.18. The van der Waals surface area contributed by atoms with Gasteiger partial charge in [0.05, 0.1) is 0 Å². The number of nitrogen functional groups attached to an aromatic ring is 1. The van der Waals surface area contributed by atoms with Gasteiger partial charge in [-0.25, -0.2) is 4.79 Å². The van der Waals surface area contributed by atoms with Crippen molar-refractivity contribution in [3.63, 3.8) is 0 Å². The van der Waals surface area contributed by atoms with E-state index >= 15 is 0 Å². The Labute approximate surface area is 123 Å². The maximum absolute atomic E-state index is 11.9. The maximum Gasteiger partial charge on any atom is 0.330 e. The molecule has 1 atom stereocenters. The van der Waals surface area contributed by atoms with Gasteiger partial charge in [0.2, 0.25) is 0 Å². The number of thioether (sulfide) groups is 1. The summed E-state index contributed by atoms with van der Waals surface area (Å²) < 4.78 is 1.41. The second-order valence-electron chi connectivity index (χ2n) is 5.35. The Morgan fingerprint density at radius 2 is 2.00 bits per heavy atom. The third-order valence-corrected chi connectivity index (χ3v) is 3.58. The Hall–Kier alpha value is -1.37. The molecular formula is C13H24N4O2S. The number of anilines is 2.